The molecule has 1 saturated heterocycles. The van der Waals surface area contributed by atoms with Crippen LogP contribution < -0.4 is 15.4 Å². The van der Waals surface area contributed by atoms with Crippen molar-refractivity contribution in [1.29, 1.82) is 0 Å². The monoisotopic (exact) mass is 696 g/mol. The number of aliphatic hydroxyl groups is 1. The lowest BCUT2D eigenvalue weighted by molar-refractivity contribution is -0.288. The molecular weight excluding hydrogens is 648 g/mol. The van der Waals surface area contributed by atoms with E-state index in [2.05, 4.69) is 10.6 Å². The molecule has 3 N–H and O–H groups in total. The number of amides is 2. The summed E-state index contributed by atoms with van der Waals surface area (Å²) >= 11 is 0. The number of ether oxygens (including phenoxy) is 7. The Kier molecular flexibility index (Phi) is 16.2. The molecule has 1 heterocycles. The summed E-state index contributed by atoms with van der Waals surface area (Å²) in [6, 6.07) is 5.77. The predicted molar refractivity (Wildman–Crippen MR) is 170 cm³/mol. The van der Waals surface area contributed by atoms with Crippen LogP contribution >= 0.6 is 0 Å². The minimum Gasteiger partial charge on any atom is -0.463 e. The van der Waals surface area contributed by atoms with Gasteiger partial charge >= 0.3 is 30.0 Å². The average molecular weight is 697 g/mol. The molecule has 0 aromatic heterocycles. The molecular formula is C33H48N2O14. The van der Waals surface area contributed by atoms with E-state index >= 15 is 0 Å². The van der Waals surface area contributed by atoms with Gasteiger partial charge in [-0.2, -0.15) is 0 Å². The van der Waals surface area contributed by atoms with Crippen LogP contribution in [0, 0.1) is 0 Å². The maximum atomic E-state index is 12.6. The van der Waals surface area contributed by atoms with Crippen molar-refractivity contribution in [1.82, 2.24) is 10.6 Å². The first-order valence-corrected chi connectivity index (χ1v) is 16.0. The summed E-state index contributed by atoms with van der Waals surface area (Å²) in [5.41, 5.74) is -0.295. The maximum Gasteiger partial charge on any atom is 0.407 e. The number of carbonyl (C=O) groups excluding carboxylic acids is 6. The Morgan fingerprint density at radius 3 is 1.82 bits per heavy atom. The zero-order valence-corrected chi connectivity index (χ0v) is 29.0. The maximum absolute atomic E-state index is 12.6. The molecule has 274 valence electrons. The van der Waals surface area contributed by atoms with Crippen LogP contribution in [0.1, 0.15) is 85.8 Å². The lowest BCUT2D eigenvalue weighted by Gasteiger charge is -2.43. The van der Waals surface area contributed by atoms with Gasteiger partial charge in [0.2, 0.25) is 12.4 Å². The van der Waals surface area contributed by atoms with E-state index in [1.54, 1.807) is 20.8 Å². The summed E-state index contributed by atoms with van der Waals surface area (Å²) in [6.07, 6.45) is -5.66. The number of carbonyl (C=O) groups is 6. The van der Waals surface area contributed by atoms with E-state index in [-0.39, 0.29) is 11.3 Å². The first kappa shape index (κ1) is 40.7. The summed E-state index contributed by atoms with van der Waals surface area (Å²) in [6.45, 7) is 10.3. The molecule has 0 bridgehead atoms. The average Bonchev–Trinajstić information content (AvgIpc) is 2.98. The van der Waals surface area contributed by atoms with Crippen LogP contribution in [-0.2, 0) is 52.4 Å². The smallest absolute Gasteiger partial charge is 0.407 e. The fraction of sp³-hybridized carbons (Fsp3) is 0.636. The third kappa shape index (κ3) is 15.1. The molecule has 1 fully saturated rings. The number of aliphatic hydroxyl groups excluding tert-OH is 1. The van der Waals surface area contributed by atoms with Crippen molar-refractivity contribution in [3.8, 4) is 5.75 Å². The normalized spacial score (nSPS) is 20.9. The molecule has 0 radical (unpaired) electrons. The lowest BCUT2D eigenvalue weighted by atomic mass is 9.98. The van der Waals surface area contributed by atoms with Gasteiger partial charge < -0.3 is 48.9 Å². The van der Waals surface area contributed by atoms with E-state index in [1.165, 1.54) is 24.3 Å². The first-order valence-electron chi connectivity index (χ1n) is 16.0. The number of nitrogens with one attached hydrogen (secondary N) is 2. The highest BCUT2D eigenvalue weighted by Crippen LogP contribution is 2.31. The van der Waals surface area contributed by atoms with Gasteiger partial charge in [0.05, 0.1) is 0 Å². The number of hydrogen-bond acceptors (Lipinski definition) is 14. The molecule has 6 atom stereocenters. The Bertz CT molecular complexity index is 1280. The van der Waals surface area contributed by atoms with E-state index in [0.717, 1.165) is 47.0 Å². The molecule has 0 aliphatic carbocycles. The fourth-order valence-electron chi connectivity index (χ4n) is 4.71. The van der Waals surface area contributed by atoms with Gasteiger partial charge in [0, 0.05) is 40.8 Å². The molecule has 16 nitrogen and oxygen atoms in total. The molecule has 16 heteroatoms. The van der Waals surface area contributed by atoms with Gasteiger partial charge in [-0.25, -0.2) is 4.79 Å². The summed E-state index contributed by atoms with van der Waals surface area (Å²) in [5, 5.41) is 16.0. The Morgan fingerprint density at radius 2 is 1.29 bits per heavy atom. The fourth-order valence-corrected chi connectivity index (χ4v) is 4.71. The number of alkyl carbamates (subject to hydrolysis) is 1. The predicted octanol–water partition coefficient (Wildman–Crippen LogP) is 2.38. The van der Waals surface area contributed by atoms with E-state index in [9.17, 15) is 33.9 Å². The number of hydrogen-bond donors (Lipinski definition) is 3. The van der Waals surface area contributed by atoms with Crippen LogP contribution in [0.4, 0.5) is 4.79 Å². The molecule has 1 aromatic rings. The van der Waals surface area contributed by atoms with Crippen molar-refractivity contribution in [2.45, 2.75) is 117 Å². The molecule has 1 aliphatic heterocycles. The highest BCUT2D eigenvalue weighted by Gasteiger charge is 2.53. The third-order valence-electron chi connectivity index (χ3n) is 6.72. The van der Waals surface area contributed by atoms with Gasteiger partial charge in [0.15, 0.2) is 18.3 Å². The summed E-state index contributed by atoms with van der Waals surface area (Å²) in [5.74, 6) is -3.42. The largest absolute Gasteiger partial charge is 0.463 e. The van der Waals surface area contributed by atoms with Crippen molar-refractivity contribution in [2.24, 2.45) is 0 Å². The molecule has 1 aromatic carbocycles. The minimum atomic E-state index is -1.47. The van der Waals surface area contributed by atoms with Crippen molar-refractivity contribution in [2.75, 3.05) is 19.7 Å². The number of unbranched alkanes of at least 4 members (excludes halogenated alkanes) is 3. The van der Waals surface area contributed by atoms with Crippen LogP contribution in [0.15, 0.2) is 24.3 Å². The molecule has 2 rings (SSSR count). The van der Waals surface area contributed by atoms with Crippen LogP contribution in [0.25, 0.3) is 0 Å². The highest BCUT2D eigenvalue weighted by molar-refractivity contribution is 5.81. The second-order valence-corrected chi connectivity index (χ2v) is 12.3. The number of rotatable bonds is 16. The van der Waals surface area contributed by atoms with Gasteiger partial charge in [0.1, 0.15) is 24.1 Å². The molecule has 2 amide bonds. The van der Waals surface area contributed by atoms with Crippen LogP contribution in [0.3, 0.4) is 0 Å². The quantitative estimate of drug-likeness (QED) is 0.129. The van der Waals surface area contributed by atoms with Gasteiger partial charge in [-0.3, -0.25) is 24.0 Å². The number of esters is 4. The van der Waals surface area contributed by atoms with Crippen molar-refractivity contribution < 1.29 is 67.0 Å². The highest BCUT2D eigenvalue weighted by atomic mass is 16.7. The lowest BCUT2D eigenvalue weighted by Crippen LogP contribution is -2.63. The summed E-state index contributed by atoms with van der Waals surface area (Å²) in [7, 11) is 0. The molecule has 6 unspecified atom stereocenters. The van der Waals surface area contributed by atoms with Crippen LogP contribution in [0.2, 0.25) is 0 Å². The first-order chi connectivity index (χ1) is 23.0. The third-order valence-corrected chi connectivity index (χ3v) is 6.72. The summed E-state index contributed by atoms with van der Waals surface area (Å²) in [4.78, 5) is 71.7. The van der Waals surface area contributed by atoms with E-state index in [1.807, 2.05) is 0 Å². The molecule has 0 spiro atoms. The standard InChI is InChI=1S/C33H48N2O14/c1-19(36)43-18-25-27(44-20(2)37)28(45-21(3)38)29(46-22(4)39)31(48-25)47-24-14-12-23(13-15-24)26(40)30(41)34-16-10-8-9-11-17-35-32(42)49-33(5,6)7/h12-15,25-29,31,40H,8-11,16-18H2,1-7H3,(H,34,41)(H,35,42). The minimum absolute atomic E-state index is 0.151. The zero-order valence-electron chi connectivity index (χ0n) is 29.0. The Morgan fingerprint density at radius 1 is 0.755 bits per heavy atom. The van der Waals surface area contributed by atoms with Gasteiger partial charge in [-0.15, -0.1) is 0 Å². The zero-order chi connectivity index (χ0) is 36.7. The Hall–Kier alpha value is -4.44. The van der Waals surface area contributed by atoms with Crippen LogP contribution in [-0.4, -0.2) is 97.0 Å². The van der Waals surface area contributed by atoms with E-state index < -0.39 is 84.9 Å². The van der Waals surface area contributed by atoms with Crippen molar-refractivity contribution in [3.63, 3.8) is 0 Å². The molecule has 49 heavy (non-hydrogen) atoms. The Labute approximate surface area is 285 Å². The van der Waals surface area contributed by atoms with Crippen molar-refractivity contribution in [3.05, 3.63) is 29.8 Å². The van der Waals surface area contributed by atoms with Crippen molar-refractivity contribution >= 4 is 35.9 Å². The second-order valence-electron chi connectivity index (χ2n) is 12.3. The van der Waals surface area contributed by atoms with E-state index in [0.29, 0.717) is 19.5 Å². The number of benzene rings is 1. The van der Waals surface area contributed by atoms with Gasteiger partial charge in [0.25, 0.3) is 5.91 Å². The van der Waals surface area contributed by atoms with Gasteiger partial charge in [-0.1, -0.05) is 25.0 Å². The summed E-state index contributed by atoms with van der Waals surface area (Å²) < 4.78 is 38.2. The SMILES string of the molecule is CC(=O)OCC1OC(Oc2ccc(C(O)C(=O)NCCCCCCNC(=O)OC(C)(C)C)cc2)C(OC(C)=O)C(OC(C)=O)C1OC(C)=O. The van der Waals surface area contributed by atoms with Crippen LogP contribution in [0.5, 0.6) is 5.75 Å². The van der Waals surface area contributed by atoms with Gasteiger partial charge in [-0.05, 0) is 51.3 Å². The van der Waals surface area contributed by atoms with E-state index in [4.69, 9.17) is 33.2 Å². The topological polar surface area (TPSA) is 211 Å². The second kappa shape index (κ2) is 19.5. The molecule has 1 aliphatic rings. The Balaban J connectivity index is 2.00. The molecule has 0 saturated carbocycles.